The molecular weight excluding hydrogens is 410 g/mol. The van der Waals surface area contributed by atoms with Crippen molar-refractivity contribution in [2.45, 2.75) is 19.8 Å². The SMILES string of the molecule is COc1ccccc1NC(=O)CC(C)=NNC(=O)Cc1ccc([N+](=O)[O-])cc1[N+](=O)[O-]. The second kappa shape index (κ2) is 10.4. The topological polar surface area (TPSA) is 166 Å². The first-order chi connectivity index (χ1) is 14.7. The Hall–Kier alpha value is -4.35. The zero-order chi connectivity index (χ0) is 23.0. The second-order valence-corrected chi connectivity index (χ2v) is 6.31. The van der Waals surface area contributed by atoms with E-state index < -0.39 is 33.5 Å². The molecule has 0 aliphatic carbocycles. The van der Waals surface area contributed by atoms with Gasteiger partial charge in [0.2, 0.25) is 11.8 Å². The molecule has 0 saturated carbocycles. The van der Waals surface area contributed by atoms with E-state index in [0.29, 0.717) is 17.1 Å². The third-order valence-corrected chi connectivity index (χ3v) is 4.00. The molecule has 0 fully saturated rings. The molecule has 0 radical (unpaired) electrons. The fraction of sp³-hybridized carbons (Fsp3) is 0.211. The minimum absolute atomic E-state index is 0.00475. The van der Waals surface area contributed by atoms with Gasteiger partial charge in [0.05, 0.1) is 41.6 Å². The summed E-state index contributed by atoms with van der Waals surface area (Å²) in [6.45, 7) is 1.52. The molecule has 2 amide bonds. The van der Waals surface area contributed by atoms with Gasteiger partial charge in [-0.2, -0.15) is 5.10 Å². The number of nitro groups is 2. The van der Waals surface area contributed by atoms with Crippen LogP contribution in [0.15, 0.2) is 47.6 Å². The Bertz CT molecular complexity index is 1050. The van der Waals surface area contributed by atoms with E-state index in [-0.39, 0.29) is 17.9 Å². The first-order valence-corrected chi connectivity index (χ1v) is 8.87. The van der Waals surface area contributed by atoms with Gasteiger partial charge in [-0.05, 0) is 25.1 Å². The van der Waals surface area contributed by atoms with E-state index in [0.717, 1.165) is 18.2 Å². The Balaban J connectivity index is 1.97. The third kappa shape index (κ3) is 6.59. The molecular formula is C19H19N5O7. The smallest absolute Gasteiger partial charge is 0.279 e. The number of hydrogen-bond donors (Lipinski definition) is 2. The summed E-state index contributed by atoms with van der Waals surface area (Å²) in [7, 11) is 1.47. The Morgan fingerprint density at radius 3 is 2.42 bits per heavy atom. The number of anilines is 1. The summed E-state index contributed by atoms with van der Waals surface area (Å²) in [6, 6.07) is 9.86. The van der Waals surface area contributed by atoms with Gasteiger partial charge in [-0.15, -0.1) is 0 Å². The molecule has 2 aromatic rings. The molecule has 2 aromatic carbocycles. The van der Waals surface area contributed by atoms with E-state index in [4.69, 9.17) is 4.74 Å². The van der Waals surface area contributed by atoms with Crippen molar-refractivity contribution in [3.63, 3.8) is 0 Å². The number of non-ortho nitro benzene ring substituents is 1. The van der Waals surface area contributed by atoms with Crippen LogP contribution in [0.1, 0.15) is 18.9 Å². The van der Waals surface area contributed by atoms with Crippen molar-refractivity contribution in [2.75, 3.05) is 12.4 Å². The second-order valence-electron chi connectivity index (χ2n) is 6.31. The largest absolute Gasteiger partial charge is 0.495 e. The number of para-hydroxylation sites is 2. The summed E-state index contributed by atoms with van der Waals surface area (Å²) in [5.74, 6) is -0.573. The number of nitrogens with zero attached hydrogens (tertiary/aromatic N) is 3. The number of hydrazone groups is 1. The lowest BCUT2D eigenvalue weighted by Gasteiger charge is -2.09. The van der Waals surface area contributed by atoms with Gasteiger partial charge in [-0.25, -0.2) is 5.43 Å². The predicted molar refractivity (Wildman–Crippen MR) is 111 cm³/mol. The van der Waals surface area contributed by atoms with Gasteiger partial charge >= 0.3 is 0 Å². The summed E-state index contributed by atoms with van der Waals surface area (Å²) in [6.07, 6.45) is -0.533. The number of carbonyl (C=O) groups is 2. The maximum atomic E-state index is 12.1. The average Bonchev–Trinajstić information content (AvgIpc) is 2.72. The standard InChI is InChI=1S/C19H19N5O7/c1-12(9-18(25)20-15-5-3-4-6-17(15)31-2)21-22-19(26)10-13-7-8-14(23(27)28)11-16(13)24(29)30/h3-8,11H,9-10H2,1-2H3,(H,20,25)(H,22,26). The molecule has 0 atom stereocenters. The van der Waals surface area contributed by atoms with Crippen molar-refractivity contribution in [2.24, 2.45) is 5.10 Å². The molecule has 0 aromatic heterocycles. The number of benzene rings is 2. The number of ether oxygens (including phenoxy) is 1. The number of methoxy groups -OCH3 is 1. The minimum Gasteiger partial charge on any atom is -0.495 e. The summed E-state index contributed by atoms with van der Waals surface area (Å²) in [4.78, 5) is 44.6. The van der Waals surface area contributed by atoms with Gasteiger partial charge in [0.1, 0.15) is 5.75 Å². The highest BCUT2D eigenvalue weighted by Crippen LogP contribution is 2.25. The van der Waals surface area contributed by atoms with Crippen molar-refractivity contribution in [1.82, 2.24) is 5.43 Å². The maximum Gasteiger partial charge on any atom is 0.279 e. The molecule has 0 aliphatic rings. The highest BCUT2D eigenvalue weighted by atomic mass is 16.6. The molecule has 0 saturated heterocycles. The van der Waals surface area contributed by atoms with E-state index >= 15 is 0 Å². The summed E-state index contributed by atoms with van der Waals surface area (Å²) < 4.78 is 5.15. The van der Waals surface area contributed by atoms with Crippen LogP contribution in [0.3, 0.4) is 0 Å². The lowest BCUT2D eigenvalue weighted by molar-refractivity contribution is -0.394. The molecule has 31 heavy (non-hydrogen) atoms. The van der Waals surface area contributed by atoms with Gasteiger partial charge in [0.15, 0.2) is 0 Å². The number of hydrogen-bond acceptors (Lipinski definition) is 8. The predicted octanol–water partition coefficient (Wildman–Crippen LogP) is 2.58. The number of amides is 2. The van der Waals surface area contributed by atoms with Crippen LogP contribution in [-0.4, -0.2) is 34.5 Å². The molecule has 0 unspecified atom stereocenters. The van der Waals surface area contributed by atoms with Gasteiger partial charge in [0, 0.05) is 17.3 Å². The summed E-state index contributed by atoms with van der Waals surface area (Å²) in [5.41, 5.74) is 1.99. The van der Waals surface area contributed by atoms with E-state index in [9.17, 15) is 29.8 Å². The van der Waals surface area contributed by atoms with Crippen LogP contribution in [0.5, 0.6) is 5.75 Å². The van der Waals surface area contributed by atoms with Gasteiger partial charge < -0.3 is 10.1 Å². The first kappa shape index (κ1) is 22.9. The lowest BCUT2D eigenvalue weighted by atomic mass is 10.1. The molecule has 0 aliphatic heterocycles. The van der Waals surface area contributed by atoms with Crippen LogP contribution in [0.25, 0.3) is 0 Å². The maximum absolute atomic E-state index is 12.1. The van der Waals surface area contributed by atoms with Crippen LogP contribution in [-0.2, 0) is 16.0 Å². The quantitative estimate of drug-likeness (QED) is 0.351. The van der Waals surface area contributed by atoms with Gasteiger partial charge in [-0.1, -0.05) is 12.1 Å². The lowest BCUT2D eigenvalue weighted by Crippen LogP contribution is -2.23. The van der Waals surface area contributed by atoms with Crippen molar-refractivity contribution in [1.29, 1.82) is 0 Å². The zero-order valence-electron chi connectivity index (χ0n) is 16.7. The van der Waals surface area contributed by atoms with Crippen molar-refractivity contribution in [3.05, 3.63) is 68.3 Å². The number of rotatable bonds is 9. The van der Waals surface area contributed by atoms with Crippen molar-refractivity contribution < 1.29 is 24.2 Å². The average molecular weight is 429 g/mol. The zero-order valence-corrected chi connectivity index (χ0v) is 16.7. The number of nitro benzene ring substituents is 2. The van der Waals surface area contributed by atoms with E-state index in [2.05, 4.69) is 15.8 Å². The van der Waals surface area contributed by atoms with Crippen molar-refractivity contribution in [3.8, 4) is 5.75 Å². The van der Waals surface area contributed by atoms with Crippen LogP contribution >= 0.6 is 0 Å². The van der Waals surface area contributed by atoms with E-state index in [1.165, 1.54) is 14.0 Å². The van der Waals surface area contributed by atoms with Crippen molar-refractivity contribution >= 4 is 34.6 Å². The third-order valence-electron chi connectivity index (χ3n) is 4.00. The number of carbonyl (C=O) groups excluding carboxylic acids is 2. The Morgan fingerprint density at radius 2 is 1.77 bits per heavy atom. The van der Waals surface area contributed by atoms with Crippen LogP contribution < -0.4 is 15.5 Å². The Labute approximate surface area is 176 Å². The summed E-state index contributed by atoms with van der Waals surface area (Å²) in [5, 5.41) is 28.4. The fourth-order valence-corrected chi connectivity index (χ4v) is 2.57. The van der Waals surface area contributed by atoms with Crippen LogP contribution in [0, 0.1) is 20.2 Å². The molecule has 12 heteroatoms. The molecule has 0 bridgehead atoms. The van der Waals surface area contributed by atoms with E-state index in [1.807, 2.05) is 0 Å². The van der Waals surface area contributed by atoms with Gasteiger partial charge in [0.25, 0.3) is 11.4 Å². The Morgan fingerprint density at radius 1 is 1.06 bits per heavy atom. The molecule has 12 nitrogen and oxygen atoms in total. The van der Waals surface area contributed by atoms with E-state index in [1.54, 1.807) is 24.3 Å². The normalized spacial score (nSPS) is 10.8. The first-order valence-electron chi connectivity index (χ1n) is 8.87. The molecule has 162 valence electrons. The van der Waals surface area contributed by atoms with Crippen LogP contribution in [0.2, 0.25) is 0 Å². The fourth-order valence-electron chi connectivity index (χ4n) is 2.57. The molecule has 0 heterocycles. The number of nitrogens with one attached hydrogen (secondary N) is 2. The highest BCUT2D eigenvalue weighted by Gasteiger charge is 2.21. The monoisotopic (exact) mass is 429 g/mol. The van der Waals surface area contributed by atoms with Gasteiger partial charge in [-0.3, -0.25) is 29.8 Å². The molecule has 2 rings (SSSR count). The highest BCUT2D eigenvalue weighted by molar-refractivity contribution is 6.06. The minimum atomic E-state index is -0.799. The summed E-state index contributed by atoms with van der Waals surface area (Å²) >= 11 is 0. The Kier molecular flexibility index (Phi) is 7.72. The molecule has 0 spiro atoms. The molecule has 2 N–H and O–H groups in total. The van der Waals surface area contributed by atoms with Crippen LogP contribution in [0.4, 0.5) is 17.1 Å².